The van der Waals surface area contributed by atoms with Crippen molar-refractivity contribution in [2.24, 2.45) is 0 Å². The monoisotopic (exact) mass is 279 g/mol. The van der Waals surface area contributed by atoms with Crippen molar-refractivity contribution in [3.8, 4) is 0 Å². The SMILES string of the molecule is COC(=O)C1=[N+]([O-])O[C@@H](C(=O)OC)[C@@H]1c1ccccc1. The Balaban J connectivity index is 2.47. The Morgan fingerprint density at radius 1 is 1.20 bits per heavy atom. The van der Waals surface area contributed by atoms with Crippen LogP contribution < -0.4 is 0 Å². The summed E-state index contributed by atoms with van der Waals surface area (Å²) in [4.78, 5) is 28.4. The smallest absolute Gasteiger partial charge is 0.405 e. The minimum atomic E-state index is -1.21. The standard InChI is InChI=1S/C13H13NO6/c1-18-12(15)10-9(8-6-4-3-5-7-8)11(13(16)19-2)20-14(10)17/h3-7,9,11H,1-2H3/t9-,11-/m1/s1. The molecule has 1 heterocycles. The molecule has 0 unspecified atom stereocenters. The van der Waals surface area contributed by atoms with E-state index in [2.05, 4.69) is 9.47 Å². The van der Waals surface area contributed by atoms with Crippen LogP contribution in [0.25, 0.3) is 0 Å². The van der Waals surface area contributed by atoms with Crippen molar-refractivity contribution in [1.29, 1.82) is 0 Å². The molecule has 2 rings (SSSR count). The summed E-state index contributed by atoms with van der Waals surface area (Å²) in [7, 11) is 2.33. The van der Waals surface area contributed by atoms with E-state index in [1.54, 1.807) is 30.3 Å². The minimum Gasteiger partial charge on any atom is -0.468 e. The Bertz CT molecular complexity index is 553. The third-order valence-electron chi connectivity index (χ3n) is 2.99. The second-order valence-electron chi connectivity index (χ2n) is 4.07. The summed E-state index contributed by atoms with van der Waals surface area (Å²) < 4.78 is 9.17. The van der Waals surface area contributed by atoms with E-state index in [0.717, 1.165) is 7.11 Å². The van der Waals surface area contributed by atoms with Crippen molar-refractivity contribution in [2.45, 2.75) is 12.0 Å². The van der Waals surface area contributed by atoms with Gasteiger partial charge in [-0.25, -0.2) is 4.79 Å². The van der Waals surface area contributed by atoms with E-state index in [9.17, 15) is 14.8 Å². The molecule has 0 saturated carbocycles. The predicted molar refractivity (Wildman–Crippen MR) is 66.7 cm³/mol. The molecular formula is C13H13NO6. The molecule has 0 bridgehead atoms. The van der Waals surface area contributed by atoms with E-state index in [-0.39, 0.29) is 10.6 Å². The summed E-state index contributed by atoms with van der Waals surface area (Å²) in [5.74, 6) is -2.45. The van der Waals surface area contributed by atoms with Crippen LogP contribution in [0.15, 0.2) is 30.3 Å². The van der Waals surface area contributed by atoms with Gasteiger partial charge in [-0.1, -0.05) is 30.3 Å². The average Bonchev–Trinajstić information content (AvgIpc) is 2.84. The van der Waals surface area contributed by atoms with Gasteiger partial charge in [-0.2, -0.15) is 0 Å². The van der Waals surface area contributed by atoms with Gasteiger partial charge in [0.15, 0.2) is 6.10 Å². The molecule has 7 nitrogen and oxygen atoms in total. The minimum absolute atomic E-state index is 0.0189. The van der Waals surface area contributed by atoms with Crippen molar-refractivity contribution in [1.82, 2.24) is 0 Å². The maximum absolute atomic E-state index is 11.7. The zero-order valence-electron chi connectivity index (χ0n) is 10.9. The maximum atomic E-state index is 11.7. The molecule has 0 aromatic heterocycles. The summed E-state index contributed by atoms with van der Waals surface area (Å²) in [6, 6.07) is 8.61. The van der Waals surface area contributed by atoms with Gasteiger partial charge in [0.1, 0.15) is 5.92 Å². The molecule has 1 aromatic rings. The number of hydrogen-bond acceptors (Lipinski definition) is 6. The molecule has 0 spiro atoms. The summed E-state index contributed by atoms with van der Waals surface area (Å²) in [5, 5.41) is 11.7. The lowest BCUT2D eigenvalue weighted by Crippen LogP contribution is -2.33. The second kappa shape index (κ2) is 5.60. The number of nitrogens with zero attached hydrogens (tertiary/aromatic N) is 1. The third-order valence-corrected chi connectivity index (χ3v) is 2.99. The Hall–Kier alpha value is -2.57. The molecule has 0 N–H and O–H groups in total. The van der Waals surface area contributed by atoms with Crippen molar-refractivity contribution < 1.29 is 28.8 Å². The molecule has 0 saturated heterocycles. The second-order valence-corrected chi connectivity index (χ2v) is 4.07. The van der Waals surface area contributed by atoms with Gasteiger partial charge in [0, 0.05) is 0 Å². The maximum Gasteiger partial charge on any atom is 0.405 e. The van der Waals surface area contributed by atoms with Gasteiger partial charge in [0.2, 0.25) is 0 Å². The first-order chi connectivity index (χ1) is 9.60. The summed E-state index contributed by atoms with van der Waals surface area (Å²) in [5.41, 5.74) is 0.302. The normalized spacial score (nSPS) is 21.3. The first kappa shape index (κ1) is 13.9. The number of carbonyl (C=O) groups is 2. The van der Waals surface area contributed by atoms with Crippen molar-refractivity contribution in [3.05, 3.63) is 41.1 Å². The molecule has 2 atom stereocenters. The highest BCUT2D eigenvalue weighted by Crippen LogP contribution is 2.30. The van der Waals surface area contributed by atoms with Crippen LogP contribution in [0.3, 0.4) is 0 Å². The van der Waals surface area contributed by atoms with E-state index >= 15 is 0 Å². The van der Waals surface area contributed by atoms with Crippen molar-refractivity contribution in [2.75, 3.05) is 14.2 Å². The summed E-state index contributed by atoms with van der Waals surface area (Å²) in [6.45, 7) is 0. The lowest BCUT2D eigenvalue weighted by atomic mass is 9.89. The molecule has 20 heavy (non-hydrogen) atoms. The van der Waals surface area contributed by atoms with Crippen LogP contribution in [0.4, 0.5) is 0 Å². The van der Waals surface area contributed by atoms with Crippen LogP contribution >= 0.6 is 0 Å². The Labute approximate surface area is 114 Å². The third kappa shape index (κ3) is 2.29. The van der Waals surface area contributed by atoms with E-state index in [0.29, 0.717) is 5.56 Å². The van der Waals surface area contributed by atoms with Gasteiger partial charge < -0.3 is 14.3 Å². The molecule has 106 valence electrons. The molecule has 1 aliphatic heterocycles. The zero-order valence-corrected chi connectivity index (χ0v) is 10.9. The quantitative estimate of drug-likeness (QED) is 0.587. The van der Waals surface area contributed by atoms with E-state index in [1.807, 2.05) is 0 Å². The fourth-order valence-electron chi connectivity index (χ4n) is 2.07. The Kier molecular flexibility index (Phi) is 3.88. The van der Waals surface area contributed by atoms with Crippen molar-refractivity contribution in [3.63, 3.8) is 0 Å². The predicted octanol–water partition coefficient (Wildman–Crippen LogP) is 0.381. The van der Waals surface area contributed by atoms with Crippen LogP contribution in [0.5, 0.6) is 0 Å². The van der Waals surface area contributed by atoms with Crippen molar-refractivity contribution >= 4 is 17.7 Å². The number of rotatable bonds is 3. The van der Waals surface area contributed by atoms with Crippen LogP contribution in [-0.2, 0) is 23.9 Å². The van der Waals surface area contributed by atoms with Gasteiger partial charge in [-0.3, -0.25) is 10.0 Å². The van der Waals surface area contributed by atoms with Gasteiger partial charge in [-0.05, 0) is 5.56 Å². The lowest BCUT2D eigenvalue weighted by Gasteiger charge is -2.16. The van der Waals surface area contributed by atoms with Gasteiger partial charge >= 0.3 is 17.7 Å². The molecule has 7 heteroatoms. The Morgan fingerprint density at radius 3 is 2.40 bits per heavy atom. The largest absolute Gasteiger partial charge is 0.468 e. The van der Waals surface area contributed by atoms with Crippen LogP contribution in [0.1, 0.15) is 11.5 Å². The topological polar surface area (TPSA) is 87.9 Å². The number of hydrogen-bond donors (Lipinski definition) is 0. The molecule has 0 radical (unpaired) electrons. The number of ether oxygens (including phenoxy) is 2. The molecule has 1 aromatic carbocycles. The summed E-state index contributed by atoms with van der Waals surface area (Å²) in [6.07, 6.45) is -1.21. The van der Waals surface area contributed by atoms with E-state index in [1.165, 1.54) is 7.11 Å². The van der Waals surface area contributed by atoms with Crippen LogP contribution in [0.2, 0.25) is 0 Å². The first-order valence-corrected chi connectivity index (χ1v) is 5.82. The highest BCUT2D eigenvalue weighted by molar-refractivity contribution is 6.37. The van der Waals surface area contributed by atoms with Crippen LogP contribution in [-0.4, -0.2) is 42.9 Å². The first-order valence-electron chi connectivity index (χ1n) is 5.82. The van der Waals surface area contributed by atoms with Gasteiger partial charge in [0.05, 0.1) is 19.1 Å². The molecular weight excluding hydrogens is 266 g/mol. The van der Waals surface area contributed by atoms with Crippen LogP contribution in [0, 0.1) is 5.21 Å². The molecule has 0 aliphatic carbocycles. The zero-order chi connectivity index (χ0) is 14.7. The Morgan fingerprint density at radius 2 is 1.85 bits per heavy atom. The molecule has 0 amide bonds. The number of methoxy groups -OCH3 is 2. The highest BCUT2D eigenvalue weighted by Gasteiger charge is 2.49. The number of benzene rings is 1. The van der Waals surface area contributed by atoms with E-state index in [4.69, 9.17) is 4.84 Å². The summed E-state index contributed by atoms with van der Waals surface area (Å²) >= 11 is 0. The fourth-order valence-corrected chi connectivity index (χ4v) is 2.07. The number of carbonyl (C=O) groups excluding carboxylic acids is 2. The highest BCUT2D eigenvalue weighted by atomic mass is 16.9. The molecule has 0 fully saturated rings. The average molecular weight is 279 g/mol. The fraction of sp³-hybridized carbons (Fsp3) is 0.308. The number of esters is 2. The van der Waals surface area contributed by atoms with Gasteiger partial charge in [0.25, 0.3) is 0 Å². The van der Waals surface area contributed by atoms with Gasteiger partial charge in [-0.15, -0.1) is 0 Å². The molecule has 1 aliphatic rings. The lowest BCUT2D eigenvalue weighted by molar-refractivity contribution is -0.736. The van der Waals surface area contributed by atoms with E-state index < -0.39 is 24.0 Å².